The molecule has 140 valence electrons. The maximum Gasteiger partial charge on any atom is 0.223 e. The first kappa shape index (κ1) is 21.1. The topological polar surface area (TPSA) is 110 Å². The molecule has 1 heterocycles. The molecule has 0 aromatic heterocycles. The summed E-state index contributed by atoms with van der Waals surface area (Å²) in [5, 5.41) is 2.80. The summed E-state index contributed by atoms with van der Waals surface area (Å²) in [6.45, 7) is 6.56. The number of rotatable bonds is 12. The molecule has 0 aromatic rings. The highest BCUT2D eigenvalue weighted by Crippen LogP contribution is 2.16. The van der Waals surface area contributed by atoms with Crippen LogP contribution in [0.3, 0.4) is 0 Å². The SMILES string of the molecule is C#CCN(CC(=O)CCCNC(=O)CC(C)C)C(=O)CCC1(C)NN1. The maximum absolute atomic E-state index is 12.2. The fourth-order valence-electron chi connectivity index (χ4n) is 2.34. The Morgan fingerprint density at radius 3 is 2.48 bits per heavy atom. The molecule has 0 radical (unpaired) electrons. The lowest BCUT2D eigenvalue weighted by Crippen LogP contribution is -2.37. The highest BCUT2D eigenvalue weighted by Gasteiger charge is 2.36. The first-order chi connectivity index (χ1) is 11.8. The Kier molecular flexibility index (Phi) is 8.59. The van der Waals surface area contributed by atoms with E-state index >= 15 is 0 Å². The summed E-state index contributed by atoms with van der Waals surface area (Å²) in [5.41, 5.74) is 5.76. The number of ketones is 1. The van der Waals surface area contributed by atoms with Gasteiger partial charge in [-0.1, -0.05) is 19.8 Å². The molecule has 1 rings (SSSR count). The zero-order valence-electron chi connectivity index (χ0n) is 15.5. The Morgan fingerprint density at radius 2 is 1.92 bits per heavy atom. The lowest BCUT2D eigenvalue weighted by Gasteiger charge is -2.20. The Bertz CT molecular complexity index is 521. The number of amides is 2. The van der Waals surface area contributed by atoms with E-state index < -0.39 is 0 Å². The van der Waals surface area contributed by atoms with E-state index in [9.17, 15) is 14.4 Å². The quantitative estimate of drug-likeness (QED) is 0.271. The maximum atomic E-state index is 12.2. The fourth-order valence-corrected chi connectivity index (χ4v) is 2.34. The second kappa shape index (κ2) is 10.2. The van der Waals surface area contributed by atoms with Crippen molar-refractivity contribution in [3.05, 3.63) is 0 Å². The molecule has 7 nitrogen and oxygen atoms in total. The van der Waals surface area contributed by atoms with Gasteiger partial charge in [0.1, 0.15) is 0 Å². The monoisotopic (exact) mass is 350 g/mol. The Labute approximate surface area is 150 Å². The molecule has 25 heavy (non-hydrogen) atoms. The van der Waals surface area contributed by atoms with E-state index in [1.807, 2.05) is 20.8 Å². The van der Waals surface area contributed by atoms with Crippen LogP contribution in [-0.2, 0) is 14.4 Å². The van der Waals surface area contributed by atoms with Gasteiger partial charge in [-0.05, 0) is 25.7 Å². The molecule has 2 amide bonds. The minimum atomic E-state index is -0.185. The van der Waals surface area contributed by atoms with E-state index in [-0.39, 0.29) is 36.3 Å². The predicted octanol–water partition coefficient (Wildman–Crippen LogP) is 0.564. The van der Waals surface area contributed by atoms with Crippen LogP contribution >= 0.6 is 0 Å². The molecule has 1 fully saturated rings. The Balaban J connectivity index is 2.26. The molecular formula is C18H30N4O3. The standard InChI is InChI=1S/C18H30N4O3/c1-5-11-22(17(25)8-9-18(4)20-21-18)13-15(23)7-6-10-19-16(24)12-14(2)3/h1,14,20-21H,6-13H2,2-4H3,(H,19,24). The molecule has 0 atom stereocenters. The first-order valence-electron chi connectivity index (χ1n) is 8.79. The number of carbonyl (C=O) groups is 3. The van der Waals surface area contributed by atoms with Crippen molar-refractivity contribution < 1.29 is 14.4 Å². The van der Waals surface area contributed by atoms with E-state index in [0.717, 1.165) is 0 Å². The van der Waals surface area contributed by atoms with Gasteiger partial charge < -0.3 is 10.2 Å². The Morgan fingerprint density at radius 1 is 1.24 bits per heavy atom. The van der Waals surface area contributed by atoms with Gasteiger partial charge in [-0.3, -0.25) is 14.4 Å². The molecule has 7 heteroatoms. The van der Waals surface area contributed by atoms with Crippen LogP contribution in [0.2, 0.25) is 0 Å². The van der Waals surface area contributed by atoms with Crippen molar-refractivity contribution in [2.45, 2.75) is 58.5 Å². The molecular weight excluding hydrogens is 320 g/mol. The summed E-state index contributed by atoms with van der Waals surface area (Å²) in [6, 6.07) is 0. The molecule has 0 aliphatic carbocycles. The number of Topliss-reactive ketones (excluding diaryl/α,β-unsaturated/α-hetero) is 1. The second-order valence-electron chi connectivity index (χ2n) is 7.13. The summed E-state index contributed by atoms with van der Waals surface area (Å²) in [6.07, 6.45) is 7.64. The van der Waals surface area contributed by atoms with E-state index in [2.05, 4.69) is 22.1 Å². The van der Waals surface area contributed by atoms with Crippen LogP contribution < -0.4 is 16.2 Å². The van der Waals surface area contributed by atoms with Crippen molar-refractivity contribution in [2.24, 2.45) is 5.92 Å². The lowest BCUT2D eigenvalue weighted by molar-refractivity contribution is -0.135. The van der Waals surface area contributed by atoms with Gasteiger partial charge in [-0.2, -0.15) is 0 Å². The smallest absolute Gasteiger partial charge is 0.223 e. The summed E-state index contributed by atoms with van der Waals surface area (Å²) >= 11 is 0. The van der Waals surface area contributed by atoms with Crippen molar-refractivity contribution in [1.82, 2.24) is 21.1 Å². The highest BCUT2D eigenvalue weighted by atomic mass is 16.2. The van der Waals surface area contributed by atoms with E-state index in [0.29, 0.717) is 44.6 Å². The molecule has 0 aromatic carbocycles. The minimum Gasteiger partial charge on any atom is -0.356 e. The van der Waals surface area contributed by atoms with Crippen LogP contribution in [0, 0.1) is 18.3 Å². The number of hydrazine groups is 1. The van der Waals surface area contributed by atoms with E-state index in [1.165, 1.54) is 4.90 Å². The lowest BCUT2D eigenvalue weighted by atomic mass is 10.1. The van der Waals surface area contributed by atoms with Gasteiger partial charge in [0.2, 0.25) is 11.8 Å². The second-order valence-corrected chi connectivity index (χ2v) is 7.13. The number of carbonyl (C=O) groups excluding carboxylic acids is 3. The van der Waals surface area contributed by atoms with Crippen molar-refractivity contribution >= 4 is 17.6 Å². The summed E-state index contributed by atoms with van der Waals surface area (Å²) in [7, 11) is 0. The third kappa shape index (κ3) is 9.22. The number of terminal acetylenes is 1. The summed E-state index contributed by atoms with van der Waals surface area (Å²) in [4.78, 5) is 37.2. The molecule has 0 unspecified atom stereocenters. The molecule has 3 N–H and O–H groups in total. The largest absolute Gasteiger partial charge is 0.356 e. The van der Waals surface area contributed by atoms with Gasteiger partial charge in [0.05, 0.1) is 18.8 Å². The number of hydrogen-bond donors (Lipinski definition) is 3. The van der Waals surface area contributed by atoms with Gasteiger partial charge in [0.25, 0.3) is 0 Å². The van der Waals surface area contributed by atoms with Gasteiger partial charge in [-0.15, -0.1) is 6.42 Å². The fraction of sp³-hybridized carbons (Fsp3) is 0.722. The van der Waals surface area contributed by atoms with Gasteiger partial charge in [-0.25, -0.2) is 10.9 Å². The average molecular weight is 350 g/mol. The summed E-state index contributed by atoms with van der Waals surface area (Å²) < 4.78 is 0. The number of nitrogens with one attached hydrogen (secondary N) is 3. The number of hydrogen-bond acceptors (Lipinski definition) is 5. The molecule has 0 bridgehead atoms. The summed E-state index contributed by atoms with van der Waals surface area (Å²) in [5.74, 6) is 2.58. The highest BCUT2D eigenvalue weighted by molar-refractivity contribution is 5.86. The van der Waals surface area contributed by atoms with Crippen molar-refractivity contribution in [2.75, 3.05) is 19.6 Å². The predicted molar refractivity (Wildman–Crippen MR) is 96.0 cm³/mol. The van der Waals surface area contributed by atoms with Crippen LogP contribution in [-0.4, -0.2) is 47.8 Å². The normalized spacial score (nSPS) is 14.7. The van der Waals surface area contributed by atoms with Gasteiger partial charge in [0, 0.05) is 25.8 Å². The molecule has 1 saturated heterocycles. The van der Waals surface area contributed by atoms with Crippen molar-refractivity contribution in [3.63, 3.8) is 0 Å². The first-order valence-corrected chi connectivity index (χ1v) is 8.79. The molecule has 0 saturated carbocycles. The minimum absolute atomic E-state index is 0.00220. The Hall–Kier alpha value is -1.91. The molecule has 0 spiro atoms. The van der Waals surface area contributed by atoms with Crippen LogP contribution in [0.25, 0.3) is 0 Å². The van der Waals surface area contributed by atoms with Crippen LogP contribution in [0.5, 0.6) is 0 Å². The van der Waals surface area contributed by atoms with Crippen LogP contribution in [0.1, 0.15) is 52.9 Å². The van der Waals surface area contributed by atoms with Gasteiger partial charge in [0.15, 0.2) is 5.78 Å². The van der Waals surface area contributed by atoms with Crippen molar-refractivity contribution in [1.29, 1.82) is 0 Å². The van der Waals surface area contributed by atoms with Crippen LogP contribution in [0.4, 0.5) is 0 Å². The van der Waals surface area contributed by atoms with Crippen LogP contribution in [0.15, 0.2) is 0 Å². The zero-order valence-corrected chi connectivity index (χ0v) is 15.5. The molecule has 1 aliphatic rings. The van der Waals surface area contributed by atoms with Crippen molar-refractivity contribution in [3.8, 4) is 12.3 Å². The molecule has 1 aliphatic heterocycles. The van der Waals surface area contributed by atoms with Gasteiger partial charge >= 0.3 is 0 Å². The number of nitrogens with zero attached hydrogens (tertiary/aromatic N) is 1. The van der Waals surface area contributed by atoms with E-state index in [1.54, 1.807) is 0 Å². The third-order valence-electron chi connectivity index (χ3n) is 3.94. The van der Waals surface area contributed by atoms with E-state index in [4.69, 9.17) is 6.42 Å². The zero-order chi connectivity index (χ0) is 18.9. The average Bonchev–Trinajstić information content (AvgIpc) is 3.26. The third-order valence-corrected chi connectivity index (χ3v) is 3.94.